The molecule has 3 aromatic rings. The molecule has 0 radical (unpaired) electrons. The number of aryl methyl sites for hydroxylation is 1. The molecular weight excluding hydrogens is 576 g/mol. The third kappa shape index (κ3) is 7.19. The summed E-state index contributed by atoms with van der Waals surface area (Å²) in [6.45, 7) is 3.78. The van der Waals surface area contributed by atoms with Crippen LogP contribution in [0.2, 0.25) is 0 Å². The average Bonchev–Trinajstić information content (AvgIpc) is 3.47. The standard InChI is InChI=1S/C33H40N6O6/c1-21(40)36-25-6-3-22(4-7-25)18-38-12-13-39-28(20-38)32(42)34-17-31-29(41)10-8-26(45-31)11-14-44-30-15-23(5-9-27(30)33(39)43)24-16-35-37(2)19-24/h3-7,9,15-16,19,26,28-29,31,41H,8,10-14,17-18,20H2,1-2H3,(H,34,42)(H,36,40)/t26-,28-,29-,31+/m0/s1. The minimum atomic E-state index is -0.768. The predicted molar refractivity (Wildman–Crippen MR) is 167 cm³/mol. The molecule has 12 nitrogen and oxygen atoms in total. The number of ether oxygens (including phenoxy) is 2. The van der Waals surface area contributed by atoms with E-state index in [2.05, 4.69) is 20.6 Å². The Hall–Kier alpha value is -4.26. The lowest BCUT2D eigenvalue weighted by Crippen LogP contribution is -2.61. The number of hydrogen-bond donors (Lipinski definition) is 3. The van der Waals surface area contributed by atoms with Crippen LogP contribution in [0.25, 0.3) is 11.1 Å². The molecule has 3 aliphatic heterocycles. The molecule has 3 amide bonds. The van der Waals surface area contributed by atoms with Crippen molar-refractivity contribution in [2.75, 3.05) is 38.1 Å². The Balaban J connectivity index is 1.28. The molecule has 45 heavy (non-hydrogen) atoms. The molecule has 2 bridgehead atoms. The zero-order chi connectivity index (χ0) is 31.5. The first-order chi connectivity index (χ1) is 21.7. The predicted octanol–water partition coefficient (Wildman–Crippen LogP) is 2.18. The van der Waals surface area contributed by atoms with E-state index >= 15 is 0 Å². The highest BCUT2D eigenvalue weighted by molar-refractivity contribution is 6.00. The lowest BCUT2D eigenvalue weighted by atomic mass is 9.98. The van der Waals surface area contributed by atoms with Crippen LogP contribution in [0.5, 0.6) is 5.75 Å². The van der Waals surface area contributed by atoms with E-state index in [9.17, 15) is 19.5 Å². The van der Waals surface area contributed by atoms with E-state index in [4.69, 9.17) is 9.47 Å². The monoisotopic (exact) mass is 616 g/mol. The number of carbonyl (C=O) groups is 3. The minimum absolute atomic E-state index is 0.127. The van der Waals surface area contributed by atoms with Gasteiger partial charge in [-0.2, -0.15) is 5.10 Å². The lowest BCUT2D eigenvalue weighted by molar-refractivity contribution is -0.135. The summed E-state index contributed by atoms with van der Waals surface area (Å²) in [6.07, 6.45) is 4.18. The Morgan fingerprint density at radius 1 is 1.09 bits per heavy atom. The maximum absolute atomic E-state index is 14.2. The van der Waals surface area contributed by atoms with Gasteiger partial charge < -0.3 is 30.1 Å². The number of amides is 3. The van der Waals surface area contributed by atoms with Crippen LogP contribution < -0.4 is 15.4 Å². The maximum Gasteiger partial charge on any atom is 0.258 e. The van der Waals surface area contributed by atoms with Crippen LogP contribution >= 0.6 is 0 Å². The van der Waals surface area contributed by atoms with Crippen LogP contribution in [0.3, 0.4) is 0 Å². The first-order valence-electron chi connectivity index (χ1n) is 15.5. The third-order valence-corrected chi connectivity index (χ3v) is 8.71. The first-order valence-corrected chi connectivity index (χ1v) is 15.5. The number of rotatable bonds is 4. The van der Waals surface area contributed by atoms with Crippen molar-refractivity contribution < 1.29 is 29.0 Å². The van der Waals surface area contributed by atoms with Crippen molar-refractivity contribution in [1.82, 2.24) is 24.9 Å². The van der Waals surface area contributed by atoms with Crippen molar-refractivity contribution in [3.05, 3.63) is 66.0 Å². The SMILES string of the molecule is CC(=O)Nc1ccc(CN2CCN3C(=O)c4ccc(-c5cnn(C)c5)cc4OCC[C@@H]4CC[C@H](O)[C@@H](CNC(=O)[C@@H]3C2)O4)cc1. The fraction of sp³-hybridized carbons (Fsp3) is 0.455. The Kier molecular flexibility index (Phi) is 9.15. The van der Waals surface area contributed by atoms with E-state index in [0.717, 1.165) is 16.7 Å². The van der Waals surface area contributed by atoms with E-state index in [-0.39, 0.29) is 30.4 Å². The number of benzene rings is 2. The number of fused-ring (bicyclic) bond motifs is 4. The molecule has 3 N–H and O–H groups in total. The molecule has 0 spiro atoms. The fourth-order valence-electron chi connectivity index (χ4n) is 6.29. The van der Waals surface area contributed by atoms with Gasteiger partial charge in [0.2, 0.25) is 11.8 Å². The van der Waals surface area contributed by atoms with Crippen molar-refractivity contribution in [3.63, 3.8) is 0 Å². The number of aliphatic hydroxyl groups excluding tert-OH is 1. The van der Waals surface area contributed by atoms with Gasteiger partial charge in [-0.15, -0.1) is 0 Å². The van der Waals surface area contributed by atoms with E-state index in [1.165, 1.54) is 6.92 Å². The molecule has 2 aromatic carbocycles. The number of aliphatic hydroxyl groups is 1. The summed E-state index contributed by atoms with van der Waals surface area (Å²) in [5.74, 6) is -0.244. The summed E-state index contributed by atoms with van der Waals surface area (Å²) < 4.78 is 14.2. The molecule has 6 rings (SSSR count). The Morgan fingerprint density at radius 2 is 1.91 bits per heavy atom. The summed E-state index contributed by atoms with van der Waals surface area (Å²) >= 11 is 0. The van der Waals surface area contributed by atoms with Crippen molar-refractivity contribution in [2.45, 2.75) is 57.1 Å². The van der Waals surface area contributed by atoms with Gasteiger partial charge in [0.25, 0.3) is 5.91 Å². The number of hydrogen-bond acceptors (Lipinski definition) is 8. The second-order valence-corrected chi connectivity index (χ2v) is 12.1. The van der Waals surface area contributed by atoms with Crippen LogP contribution in [-0.2, 0) is 27.9 Å². The summed E-state index contributed by atoms with van der Waals surface area (Å²) in [5.41, 5.74) is 3.92. The van der Waals surface area contributed by atoms with Gasteiger partial charge in [-0.25, -0.2) is 0 Å². The quantitative estimate of drug-likeness (QED) is 0.406. The molecule has 12 heteroatoms. The van der Waals surface area contributed by atoms with Gasteiger partial charge in [-0.05, 0) is 48.2 Å². The van der Waals surface area contributed by atoms with Crippen LogP contribution in [-0.4, -0.2) is 99.5 Å². The number of piperazine rings is 1. The lowest BCUT2D eigenvalue weighted by Gasteiger charge is -2.41. The number of anilines is 1. The Bertz CT molecular complexity index is 1540. The fourth-order valence-corrected chi connectivity index (χ4v) is 6.29. The second-order valence-electron chi connectivity index (χ2n) is 12.1. The first kappa shape index (κ1) is 30.8. The van der Waals surface area contributed by atoms with Gasteiger partial charge in [0, 0.05) is 70.6 Å². The largest absolute Gasteiger partial charge is 0.493 e. The van der Waals surface area contributed by atoms with Gasteiger partial charge in [-0.3, -0.25) is 24.0 Å². The molecule has 3 aliphatic rings. The molecule has 4 heterocycles. The summed E-state index contributed by atoms with van der Waals surface area (Å²) in [4.78, 5) is 43.2. The van der Waals surface area contributed by atoms with Gasteiger partial charge in [0.15, 0.2) is 0 Å². The third-order valence-electron chi connectivity index (χ3n) is 8.71. The van der Waals surface area contributed by atoms with Gasteiger partial charge in [0.1, 0.15) is 17.9 Å². The Morgan fingerprint density at radius 3 is 2.67 bits per heavy atom. The molecule has 4 atom stereocenters. The van der Waals surface area contributed by atoms with E-state index in [1.54, 1.807) is 21.8 Å². The highest BCUT2D eigenvalue weighted by Crippen LogP contribution is 2.31. The molecular formula is C33H40N6O6. The molecule has 1 aromatic heterocycles. The van der Waals surface area contributed by atoms with E-state index < -0.39 is 18.2 Å². The highest BCUT2D eigenvalue weighted by atomic mass is 16.5. The van der Waals surface area contributed by atoms with Crippen molar-refractivity contribution in [1.29, 1.82) is 0 Å². The van der Waals surface area contributed by atoms with Crippen LogP contribution in [0.4, 0.5) is 5.69 Å². The molecule has 238 valence electrons. The van der Waals surface area contributed by atoms with Gasteiger partial charge >= 0.3 is 0 Å². The second kappa shape index (κ2) is 13.4. The van der Waals surface area contributed by atoms with Crippen LogP contribution in [0, 0.1) is 0 Å². The van der Waals surface area contributed by atoms with Gasteiger partial charge in [-0.1, -0.05) is 18.2 Å². The smallest absolute Gasteiger partial charge is 0.258 e. The molecule has 2 fully saturated rings. The Labute approximate surface area is 262 Å². The highest BCUT2D eigenvalue weighted by Gasteiger charge is 2.38. The number of carbonyl (C=O) groups excluding carboxylic acids is 3. The van der Waals surface area contributed by atoms with Crippen LogP contribution in [0.15, 0.2) is 54.9 Å². The van der Waals surface area contributed by atoms with Crippen molar-refractivity contribution in [3.8, 4) is 16.9 Å². The molecule has 0 aliphatic carbocycles. The normalized spacial score (nSPS) is 24.5. The summed E-state index contributed by atoms with van der Waals surface area (Å²) in [5, 5.41) is 20.7. The van der Waals surface area contributed by atoms with Crippen LogP contribution in [0.1, 0.15) is 42.1 Å². The number of nitrogens with one attached hydrogen (secondary N) is 2. The summed E-state index contributed by atoms with van der Waals surface area (Å²) in [7, 11) is 1.85. The molecule has 0 saturated carbocycles. The van der Waals surface area contributed by atoms with Crippen molar-refractivity contribution in [2.24, 2.45) is 7.05 Å². The zero-order valence-electron chi connectivity index (χ0n) is 25.6. The average molecular weight is 617 g/mol. The molecule has 2 saturated heterocycles. The van der Waals surface area contributed by atoms with Gasteiger partial charge in [0.05, 0.1) is 30.6 Å². The number of nitrogens with zero attached hydrogens (tertiary/aromatic N) is 4. The maximum atomic E-state index is 14.2. The topological polar surface area (TPSA) is 138 Å². The summed E-state index contributed by atoms with van der Waals surface area (Å²) in [6, 6.07) is 12.3. The zero-order valence-corrected chi connectivity index (χ0v) is 25.6. The number of aromatic nitrogens is 2. The molecule has 0 unspecified atom stereocenters. The van der Waals surface area contributed by atoms with Crippen molar-refractivity contribution >= 4 is 23.4 Å². The van der Waals surface area contributed by atoms with E-state index in [0.29, 0.717) is 69.0 Å². The minimum Gasteiger partial charge on any atom is -0.493 e. The van der Waals surface area contributed by atoms with E-state index in [1.807, 2.05) is 49.6 Å².